The van der Waals surface area contributed by atoms with Gasteiger partial charge < -0.3 is 10.0 Å². The lowest BCUT2D eigenvalue weighted by Gasteiger charge is -2.24. The van der Waals surface area contributed by atoms with E-state index in [4.69, 9.17) is 5.11 Å². The van der Waals surface area contributed by atoms with Gasteiger partial charge in [0.25, 0.3) is 0 Å². The van der Waals surface area contributed by atoms with Crippen LogP contribution in [0.1, 0.15) is 30.4 Å². The summed E-state index contributed by atoms with van der Waals surface area (Å²) in [4.78, 5) is 23.7. The zero-order valence-corrected chi connectivity index (χ0v) is 11.4. The van der Waals surface area contributed by atoms with Gasteiger partial charge in [0, 0.05) is 19.0 Å². The first-order chi connectivity index (χ1) is 10.2. The monoisotopic (exact) mass is 319 g/mol. The van der Waals surface area contributed by atoms with Gasteiger partial charge in [0.2, 0.25) is 5.91 Å². The second-order valence-corrected chi connectivity index (χ2v) is 5.16. The van der Waals surface area contributed by atoms with E-state index in [0.717, 1.165) is 12.1 Å². The van der Waals surface area contributed by atoms with Crippen LogP contribution in [0.25, 0.3) is 0 Å². The molecular formula is C14H13F4NO3. The molecule has 1 unspecified atom stereocenters. The number of nitrogens with zero attached hydrogens (tertiary/aromatic N) is 1. The summed E-state index contributed by atoms with van der Waals surface area (Å²) in [5.74, 6) is -2.49. The summed E-state index contributed by atoms with van der Waals surface area (Å²) in [5, 5.41) is 8.79. The molecular weight excluding hydrogens is 306 g/mol. The molecule has 8 heteroatoms. The van der Waals surface area contributed by atoms with Gasteiger partial charge in [0.05, 0.1) is 12.0 Å². The Morgan fingerprint density at radius 2 is 2.00 bits per heavy atom. The Morgan fingerprint density at radius 1 is 1.32 bits per heavy atom. The van der Waals surface area contributed by atoms with E-state index in [-0.39, 0.29) is 30.9 Å². The van der Waals surface area contributed by atoms with Crippen molar-refractivity contribution in [3.63, 3.8) is 0 Å². The van der Waals surface area contributed by atoms with Crippen molar-refractivity contribution in [2.45, 2.75) is 38.0 Å². The van der Waals surface area contributed by atoms with Crippen LogP contribution in [0.4, 0.5) is 17.6 Å². The van der Waals surface area contributed by atoms with Crippen molar-refractivity contribution in [1.82, 2.24) is 4.90 Å². The number of benzene rings is 1. The highest BCUT2D eigenvalue weighted by Crippen LogP contribution is 2.31. The molecule has 1 atom stereocenters. The Labute approximate surface area is 123 Å². The Morgan fingerprint density at radius 3 is 2.59 bits per heavy atom. The van der Waals surface area contributed by atoms with Crippen molar-refractivity contribution in [2.75, 3.05) is 0 Å². The van der Waals surface area contributed by atoms with Crippen LogP contribution in [0.15, 0.2) is 18.2 Å². The summed E-state index contributed by atoms with van der Waals surface area (Å²) in [5.41, 5.74) is -1.15. The van der Waals surface area contributed by atoms with Crippen molar-refractivity contribution in [3.8, 4) is 0 Å². The first-order valence-electron chi connectivity index (χ1n) is 6.55. The van der Waals surface area contributed by atoms with Crippen LogP contribution in [0.5, 0.6) is 0 Å². The third kappa shape index (κ3) is 3.75. The molecule has 0 spiro atoms. The number of hydrogen-bond acceptors (Lipinski definition) is 2. The Hall–Kier alpha value is -2.12. The fourth-order valence-corrected chi connectivity index (χ4v) is 2.53. The van der Waals surface area contributed by atoms with Gasteiger partial charge >= 0.3 is 12.1 Å². The second kappa shape index (κ2) is 5.94. The number of carboxylic acids is 1. The third-order valence-electron chi connectivity index (χ3n) is 3.50. The van der Waals surface area contributed by atoms with Crippen molar-refractivity contribution in [1.29, 1.82) is 0 Å². The first kappa shape index (κ1) is 16.3. The zero-order chi connectivity index (χ0) is 16.5. The van der Waals surface area contributed by atoms with Crippen LogP contribution < -0.4 is 0 Å². The van der Waals surface area contributed by atoms with Crippen molar-refractivity contribution >= 4 is 11.9 Å². The van der Waals surface area contributed by atoms with Crippen LogP contribution in [-0.2, 0) is 22.3 Å². The van der Waals surface area contributed by atoms with E-state index in [0.29, 0.717) is 12.5 Å². The van der Waals surface area contributed by atoms with E-state index in [1.165, 1.54) is 4.90 Å². The molecule has 0 saturated carbocycles. The largest absolute Gasteiger partial charge is 0.481 e. The molecule has 2 rings (SSSR count). The van der Waals surface area contributed by atoms with Gasteiger partial charge in [0.15, 0.2) is 0 Å². The Kier molecular flexibility index (Phi) is 4.39. The molecule has 1 heterocycles. The molecule has 0 aromatic heterocycles. The number of hydrogen-bond donors (Lipinski definition) is 1. The molecule has 1 N–H and O–H groups in total. The number of halogens is 4. The first-order valence-corrected chi connectivity index (χ1v) is 6.55. The van der Waals surface area contributed by atoms with Gasteiger partial charge in [-0.15, -0.1) is 0 Å². The van der Waals surface area contributed by atoms with E-state index >= 15 is 0 Å². The van der Waals surface area contributed by atoms with Gasteiger partial charge in [-0.25, -0.2) is 4.39 Å². The second-order valence-electron chi connectivity index (χ2n) is 5.16. The maximum Gasteiger partial charge on any atom is 0.416 e. The molecule has 1 saturated heterocycles. The SMILES string of the molecule is O=C(O)CC1CCC(=O)N1Cc1cc(F)cc(C(F)(F)F)c1. The minimum atomic E-state index is -4.69. The normalized spacial score (nSPS) is 18.8. The van der Waals surface area contributed by atoms with Crippen LogP contribution in [0.3, 0.4) is 0 Å². The van der Waals surface area contributed by atoms with Crippen molar-refractivity contribution in [3.05, 3.63) is 35.1 Å². The predicted octanol–water partition coefficient (Wildman–Crippen LogP) is 2.81. The third-order valence-corrected chi connectivity index (χ3v) is 3.50. The van der Waals surface area contributed by atoms with E-state index in [2.05, 4.69) is 0 Å². The molecule has 0 radical (unpaired) electrons. The number of likely N-dealkylation sites (tertiary alicyclic amines) is 1. The summed E-state index contributed by atoms with van der Waals surface area (Å²) in [6, 6.07) is 1.48. The number of carboxylic acid groups (broad SMARTS) is 1. The predicted molar refractivity (Wildman–Crippen MR) is 67.2 cm³/mol. The standard InChI is InChI=1S/C14H13F4NO3/c15-10-4-8(3-9(5-10)14(16,17)18)7-19-11(6-13(21)22)1-2-12(19)20/h3-5,11H,1-2,6-7H2,(H,21,22). The molecule has 1 aliphatic rings. The summed E-state index contributed by atoms with van der Waals surface area (Å²) < 4.78 is 51.3. The quantitative estimate of drug-likeness (QED) is 0.868. The molecule has 22 heavy (non-hydrogen) atoms. The fraction of sp³-hybridized carbons (Fsp3) is 0.429. The summed E-state index contributed by atoms with van der Waals surface area (Å²) in [6.45, 7) is -0.238. The molecule has 1 aromatic carbocycles. The molecule has 1 amide bonds. The molecule has 4 nitrogen and oxygen atoms in total. The highest BCUT2D eigenvalue weighted by molar-refractivity contribution is 5.80. The lowest BCUT2D eigenvalue weighted by atomic mass is 10.1. The van der Waals surface area contributed by atoms with Crippen LogP contribution in [-0.4, -0.2) is 27.9 Å². The van der Waals surface area contributed by atoms with E-state index in [1.54, 1.807) is 0 Å². The molecule has 0 aliphatic carbocycles. The van der Waals surface area contributed by atoms with Gasteiger partial charge in [0.1, 0.15) is 5.82 Å². The van der Waals surface area contributed by atoms with E-state index in [1.807, 2.05) is 0 Å². The maximum absolute atomic E-state index is 13.3. The molecule has 0 bridgehead atoms. The molecule has 1 fully saturated rings. The number of rotatable bonds is 4. The average molecular weight is 319 g/mol. The minimum absolute atomic E-state index is 0.0158. The highest BCUT2D eigenvalue weighted by atomic mass is 19.4. The number of carbonyl (C=O) groups is 2. The topological polar surface area (TPSA) is 57.6 Å². The van der Waals surface area contributed by atoms with Crippen LogP contribution in [0.2, 0.25) is 0 Å². The lowest BCUT2D eigenvalue weighted by molar-refractivity contribution is -0.139. The van der Waals surface area contributed by atoms with Crippen molar-refractivity contribution < 1.29 is 32.3 Å². The summed E-state index contributed by atoms with van der Waals surface area (Å²) >= 11 is 0. The van der Waals surface area contributed by atoms with Crippen LogP contribution in [0, 0.1) is 5.82 Å². The zero-order valence-electron chi connectivity index (χ0n) is 11.4. The number of alkyl halides is 3. The molecule has 1 aromatic rings. The number of amides is 1. The van der Waals surface area contributed by atoms with E-state index < -0.39 is 29.6 Å². The van der Waals surface area contributed by atoms with Gasteiger partial charge in [-0.1, -0.05) is 0 Å². The van der Waals surface area contributed by atoms with Gasteiger partial charge in [-0.05, 0) is 30.2 Å². The van der Waals surface area contributed by atoms with E-state index in [9.17, 15) is 27.2 Å². The highest BCUT2D eigenvalue weighted by Gasteiger charge is 2.34. The van der Waals surface area contributed by atoms with Gasteiger partial charge in [-0.2, -0.15) is 13.2 Å². The summed E-state index contributed by atoms with van der Waals surface area (Å²) in [7, 11) is 0. The lowest BCUT2D eigenvalue weighted by Crippen LogP contribution is -2.34. The van der Waals surface area contributed by atoms with Crippen molar-refractivity contribution in [2.24, 2.45) is 0 Å². The fourth-order valence-electron chi connectivity index (χ4n) is 2.53. The molecule has 120 valence electrons. The number of aliphatic carboxylic acids is 1. The smallest absolute Gasteiger partial charge is 0.416 e. The Bertz CT molecular complexity index is 600. The average Bonchev–Trinajstić information content (AvgIpc) is 2.69. The maximum atomic E-state index is 13.3. The van der Waals surface area contributed by atoms with Crippen LogP contribution >= 0.6 is 0 Å². The molecule has 1 aliphatic heterocycles. The summed E-state index contributed by atoms with van der Waals surface area (Å²) in [6.07, 6.45) is -4.51. The Balaban J connectivity index is 2.23. The minimum Gasteiger partial charge on any atom is -0.481 e. The number of carbonyl (C=O) groups excluding carboxylic acids is 1. The van der Waals surface area contributed by atoms with Gasteiger partial charge in [-0.3, -0.25) is 9.59 Å².